The van der Waals surface area contributed by atoms with E-state index in [-0.39, 0.29) is 4.87 Å². The van der Waals surface area contributed by atoms with Gasteiger partial charge in [-0.05, 0) is 61.2 Å². The molecule has 0 aromatic carbocycles. The first-order valence-electron chi connectivity index (χ1n) is 7.93. The first-order valence-corrected chi connectivity index (χ1v) is 8.31. The molecule has 0 aromatic heterocycles. The molecular weight excluding hydrogens is 252 g/mol. The van der Waals surface area contributed by atoms with E-state index in [9.17, 15) is 0 Å². The normalized spacial score (nSPS) is 43.9. The molecule has 0 radical (unpaired) electrons. The maximum absolute atomic E-state index is 7.19. The van der Waals surface area contributed by atoms with Gasteiger partial charge >= 0.3 is 0 Å². The molecule has 0 aromatic rings. The van der Waals surface area contributed by atoms with Crippen molar-refractivity contribution in [2.45, 2.75) is 84.4 Å². The van der Waals surface area contributed by atoms with Crippen LogP contribution in [0.25, 0.3) is 0 Å². The summed E-state index contributed by atoms with van der Waals surface area (Å²) in [7, 11) is 0. The molecule has 1 saturated carbocycles. The van der Waals surface area contributed by atoms with E-state index < -0.39 is 0 Å². The van der Waals surface area contributed by atoms with Crippen molar-refractivity contribution in [1.82, 2.24) is 0 Å². The number of hydrogen-bond donors (Lipinski definition) is 0. The zero-order chi connectivity index (χ0) is 14.1. The molecule has 3 aliphatic carbocycles. The van der Waals surface area contributed by atoms with Gasteiger partial charge < -0.3 is 0 Å². The summed E-state index contributed by atoms with van der Waals surface area (Å²) in [5.74, 6) is 0. The van der Waals surface area contributed by atoms with Gasteiger partial charge in [-0.25, -0.2) is 0 Å². The Balaban J connectivity index is 2.04. The Morgan fingerprint density at radius 3 is 2.21 bits per heavy atom. The topological polar surface area (TPSA) is 0 Å². The van der Waals surface area contributed by atoms with Crippen LogP contribution >= 0.6 is 11.6 Å². The smallest absolute Gasteiger partial charge is 0.0668 e. The summed E-state index contributed by atoms with van der Waals surface area (Å²) >= 11 is 7.19. The van der Waals surface area contributed by atoms with Gasteiger partial charge in [0.2, 0.25) is 0 Å². The quantitative estimate of drug-likeness (QED) is 0.372. The largest absolute Gasteiger partial charge is 0.114 e. The molecule has 0 aliphatic heterocycles. The van der Waals surface area contributed by atoms with Gasteiger partial charge in [0.1, 0.15) is 0 Å². The molecule has 0 N–H and O–H groups in total. The van der Waals surface area contributed by atoms with Gasteiger partial charge in [-0.1, -0.05) is 45.8 Å². The first-order chi connectivity index (χ1) is 8.53. The zero-order valence-corrected chi connectivity index (χ0v) is 14.1. The fourth-order valence-corrected chi connectivity index (χ4v) is 6.67. The van der Waals surface area contributed by atoms with Crippen molar-refractivity contribution < 1.29 is 0 Å². The average molecular weight is 281 g/mol. The van der Waals surface area contributed by atoms with E-state index in [1.165, 1.54) is 44.9 Å². The third-order valence-corrected chi connectivity index (χ3v) is 6.22. The Morgan fingerprint density at radius 2 is 1.53 bits per heavy atom. The summed E-state index contributed by atoms with van der Waals surface area (Å²) in [4.78, 5) is -0.0133. The van der Waals surface area contributed by atoms with Gasteiger partial charge in [0, 0.05) is 0 Å². The van der Waals surface area contributed by atoms with Crippen molar-refractivity contribution in [3.63, 3.8) is 0 Å². The van der Waals surface area contributed by atoms with Crippen LogP contribution in [0.2, 0.25) is 0 Å². The molecule has 2 unspecified atom stereocenters. The molecule has 0 saturated heterocycles. The van der Waals surface area contributed by atoms with E-state index in [1.54, 1.807) is 11.1 Å². The second-order valence-electron chi connectivity index (χ2n) is 9.57. The lowest BCUT2D eigenvalue weighted by atomic mass is 9.51. The fourth-order valence-electron chi connectivity index (χ4n) is 5.75. The zero-order valence-electron chi connectivity index (χ0n) is 13.3. The van der Waals surface area contributed by atoms with Gasteiger partial charge in [0.15, 0.2) is 0 Å². The Kier molecular flexibility index (Phi) is 2.81. The highest BCUT2D eigenvalue weighted by atomic mass is 35.5. The van der Waals surface area contributed by atoms with Crippen LogP contribution in [-0.4, -0.2) is 4.87 Å². The van der Waals surface area contributed by atoms with E-state index in [4.69, 9.17) is 11.6 Å². The third kappa shape index (κ3) is 2.39. The van der Waals surface area contributed by atoms with Gasteiger partial charge in [-0.2, -0.15) is 0 Å². The van der Waals surface area contributed by atoms with Gasteiger partial charge in [-0.15, -0.1) is 11.6 Å². The summed E-state index contributed by atoms with van der Waals surface area (Å²) in [5.41, 5.74) is 4.72. The lowest BCUT2D eigenvalue weighted by Crippen LogP contribution is -2.49. The van der Waals surface area contributed by atoms with Crippen molar-refractivity contribution in [2.24, 2.45) is 16.2 Å². The Labute approximate surface area is 124 Å². The molecule has 108 valence electrons. The second kappa shape index (κ2) is 3.81. The standard InChI is InChI=1S/C18H29Cl/c1-15(2)7-6-14-13(8-15)9-17(5)10-16(3,4)11-18(14,19)12-17/h6-12H2,1-5H3. The molecule has 1 heteroatoms. The van der Waals surface area contributed by atoms with Crippen molar-refractivity contribution >= 4 is 11.6 Å². The van der Waals surface area contributed by atoms with Crippen LogP contribution in [0.3, 0.4) is 0 Å². The van der Waals surface area contributed by atoms with Crippen LogP contribution in [-0.2, 0) is 0 Å². The Bertz CT molecular complexity index is 443. The SMILES string of the molecule is CC1(C)CCC2=C(C1)CC1(C)CC(C)(C)CC2(Cl)C1. The van der Waals surface area contributed by atoms with Crippen molar-refractivity contribution in [3.8, 4) is 0 Å². The molecule has 3 rings (SSSR count). The summed E-state index contributed by atoms with van der Waals surface area (Å²) in [6, 6.07) is 0. The monoisotopic (exact) mass is 280 g/mol. The predicted octanol–water partition coefficient (Wildman–Crippen LogP) is 6.09. The van der Waals surface area contributed by atoms with Crippen LogP contribution < -0.4 is 0 Å². The number of hydrogen-bond acceptors (Lipinski definition) is 0. The fraction of sp³-hybridized carbons (Fsp3) is 0.889. The number of alkyl halides is 1. The van der Waals surface area contributed by atoms with E-state index in [0.717, 1.165) is 0 Å². The highest BCUT2D eigenvalue weighted by molar-refractivity contribution is 6.26. The van der Waals surface area contributed by atoms with Crippen molar-refractivity contribution in [2.75, 3.05) is 0 Å². The maximum atomic E-state index is 7.19. The molecule has 3 aliphatic rings. The summed E-state index contributed by atoms with van der Waals surface area (Å²) in [6.07, 6.45) is 8.89. The molecule has 0 spiro atoms. The summed E-state index contributed by atoms with van der Waals surface area (Å²) in [6.45, 7) is 12.2. The molecule has 2 atom stereocenters. The minimum atomic E-state index is -0.0133. The van der Waals surface area contributed by atoms with Crippen LogP contribution in [0.15, 0.2) is 11.1 Å². The molecular formula is C18H29Cl. The number of allylic oxidation sites excluding steroid dienone is 2. The molecule has 0 heterocycles. The highest BCUT2D eigenvalue weighted by Crippen LogP contribution is 2.64. The van der Waals surface area contributed by atoms with Crippen LogP contribution in [0.1, 0.15) is 79.6 Å². The van der Waals surface area contributed by atoms with Crippen LogP contribution in [0, 0.1) is 16.2 Å². The molecule has 0 amide bonds. The second-order valence-corrected chi connectivity index (χ2v) is 10.3. The lowest BCUT2D eigenvalue weighted by molar-refractivity contribution is 0.0581. The first kappa shape index (κ1) is 14.0. The lowest BCUT2D eigenvalue weighted by Gasteiger charge is -2.57. The van der Waals surface area contributed by atoms with Crippen LogP contribution in [0.5, 0.6) is 0 Å². The molecule has 0 nitrogen and oxygen atoms in total. The minimum Gasteiger partial charge on any atom is -0.114 e. The van der Waals surface area contributed by atoms with E-state index in [0.29, 0.717) is 16.2 Å². The third-order valence-electron chi connectivity index (χ3n) is 5.72. The van der Waals surface area contributed by atoms with Crippen molar-refractivity contribution in [1.29, 1.82) is 0 Å². The Hall–Kier alpha value is 0.0300. The maximum Gasteiger partial charge on any atom is 0.0668 e. The van der Waals surface area contributed by atoms with E-state index >= 15 is 0 Å². The predicted molar refractivity (Wildman–Crippen MR) is 83.6 cm³/mol. The van der Waals surface area contributed by atoms with Crippen molar-refractivity contribution in [3.05, 3.63) is 11.1 Å². The van der Waals surface area contributed by atoms with E-state index in [2.05, 4.69) is 34.6 Å². The van der Waals surface area contributed by atoms with Crippen LogP contribution in [0.4, 0.5) is 0 Å². The number of rotatable bonds is 0. The van der Waals surface area contributed by atoms with Gasteiger partial charge in [-0.3, -0.25) is 0 Å². The summed E-state index contributed by atoms with van der Waals surface area (Å²) < 4.78 is 0. The van der Waals surface area contributed by atoms with Gasteiger partial charge in [0.25, 0.3) is 0 Å². The molecule has 19 heavy (non-hydrogen) atoms. The average Bonchev–Trinajstić information content (AvgIpc) is 2.08. The number of fused-ring (bicyclic) bond motifs is 3. The van der Waals surface area contributed by atoms with E-state index in [1.807, 2.05) is 0 Å². The summed E-state index contributed by atoms with van der Waals surface area (Å²) in [5, 5.41) is 0. The number of halogens is 1. The molecule has 1 fully saturated rings. The molecule has 2 bridgehead atoms. The highest BCUT2D eigenvalue weighted by Gasteiger charge is 2.54. The Morgan fingerprint density at radius 1 is 0.842 bits per heavy atom. The van der Waals surface area contributed by atoms with Gasteiger partial charge in [0.05, 0.1) is 4.87 Å². The minimum absolute atomic E-state index is 0.0133.